The van der Waals surface area contributed by atoms with Crippen molar-refractivity contribution in [2.45, 2.75) is 58.7 Å². The van der Waals surface area contributed by atoms with Gasteiger partial charge in [-0.1, -0.05) is 29.4 Å². The zero-order valence-corrected chi connectivity index (χ0v) is 20.2. The molecule has 1 unspecified atom stereocenters. The van der Waals surface area contributed by atoms with E-state index in [-0.39, 0.29) is 18.6 Å². The summed E-state index contributed by atoms with van der Waals surface area (Å²) in [6.45, 7) is 6.09. The lowest BCUT2D eigenvalue weighted by atomic mass is 9.69. The van der Waals surface area contributed by atoms with Crippen molar-refractivity contribution in [1.82, 2.24) is 0 Å². The summed E-state index contributed by atoms with van der Waals surface area (Å²) in [7, 11) is 0. The maximum absolute atomic E-state index is 12.9. The number of halogens is 1. The van der Waals surface area contributed by atoms with Crippen molar-refractivity contribution in [3.8, 4) is 0 Å². The van der Waals surface area contributed by atoms with Crippen molar-refractivity contribution in [2.75, 3.05) is 0 Å². The second-order valence-electron chi connectivity index (χ2n) is 8.43. The number of hydrogen-bond donors (Lipinski definition) is 0. The fraction of sp³-hybridized carbons (Fsp3) is 0.400. The van der Waals surface area contributed by atoms with Crippen LogP contribution in [-0.2, 0) is 19.1 Å². The van der Waals surface area contributed by atoms with Crippen LogP contribution >= 0.6 is 22.6 Å². The Morgan fingerprint density at radius 1 is 1.26 bits per heavy atom. The molecule has 0 saturated carbocycles. The Kier molecular flexibility index (Phi) is 7.51. The van der Waals surface area contributed by atoms with E-state index in [1.165, 1.54) is 11.6 Å². The van der Waals surface area contributed by atoms with Gasteiger partial charge >= 0.3 is 11.9 Å². The summed E-state index contributed by atoms with van der Waals surface area (Å²) in [5, 5.41) is 0. The van der Waals surface area contributed by atoms with Crippen LogP contribution in [-0.4, -0.2) is 29.9 Å². The Balaban J connectivity index is 1.78. The van der Waals surface area contributed by atoms with E-state index in [1.54, 1.807) is 18.2 Å². The summed E-state index contributed by atoms with van der Waals surface area (Å²) in [4.78, 5) is 37.8. The van der Waals surface area contributed by atoms with E-state index in [9.17, 15) is 14.4 Å². The van der Waals surface area contributed by atoms with Crippen molar-refractivity contribution in [3.05, 3.63) is 68.8 Å². The molecule has 0 bridgehead atoms. The minimum Gasteiger partial charge on any atom is -0.457 e. The Bertz CT molecular complexity index is 970. The fourth-order valence-corrected chi connectivity index (χ4v) is 4.60. The first-order valence-electron chi connectivity index (χ1n) is 10.4. The zero-order chi connectivity index (χ0) is 22.6. The van der Waals surface area contributed by atoms with Gasteiger partial charge in [0.1, 0.15) is 12.2 Å². The van der Waals surface area contributed by atoms with E-state index in [4.69, 9.17) is 9.47 Å². The molecule has 0 N–H and O–H groups in total. The van der Waals surface area contributed by atoms with Crippen LogP contribution in [0.15, 0.2) is 59.7 Å². The van der Waals surface area contributed by atoms with E-state index in [0.29, 0.717) is 5.56 Å². The van der Waals surface area contributed by atoms with E-state index in [2.05, 4.69) is 42.5 Å². The smallest absolute Gasteiger partial charge is 0.339 e. The highest BCUT2D eigenvalue weighted by molar-refractivity contribution is 14.1. The molecular formula is C25H27IO5. The molecule has 1 saturated heterocycles. The van der Waals surface area contributed by atoms with Gasteiger partial charge in [-0.2, -0.15) is 0 Å². The van der Waals surface area contributed by atoms with E-state index in [1.807, 2.05) is 25.1 Å². The van der Waals surface area contributed by atoms with E-state index in [0.717, 1.165) is 22.0 Å². The molecule has 1 aromatic rings. The van der Waals surface area contributed by atoms with Gasteiger partial charge < -0.3 is 9.47 Å². The van der Waals surface area contributed by atoms with Crippen LogP contribution in [0.3, 0.4) is 0 Å². The second-order valence-corrected chi connectivity index (χ2v) is 9.59. The molecule has 2 aliphatic rings. The van der Waals surface area contributed by atoms with Gasteiger partial charge in [-0.3, -0.25) is 9.59 Å². The molecule has 1 aliphatic heterocycles. The van der Waals surface area contributed by atoms with Gasteiger partial charge in [-0.05, 0) is 86.6 Å². The summed E-state index contributed by atoms with van der Waals surface area (Å²) in [6.07, 6.45) is 7.76. The number of hydrogen-bond acceptors (Lipinski definition) is 5. The third-order valence-electron chi connectivity index (χ3n) is 5.66. The number of ketones is 1. The molecule has 3 atom stereocenters. The number of carbonyl (C=O) groups is 3. The lowest BCUT2D eigenvalue weighted by Gasteiger charge is -2.34. The number of rotatable bonds is 6. The lowest BCUT2D eigenvalue weighted by Crippen LogP contribution is -2.43. The Morgan fingerprint density at radius 3 is 2.71 bits per heavy atom. The lowest BCUT2D eigenvalue weighted by molar-refractivity contribution is -0.140. The third kappa shape index (κ3) is 5.53. The zero-order valence-electron chi connectivity index (χ0n) is 18.0. The highest BCUT2D eigenvalue weighted by Gasteiger charge is 2.55. The molecule has 0 radical (unpaired) electrons. The number of benzene rings is 1. The predicted molar refractivity (Wildman–Crippen MR) is 126 cm³/mol. The average molecular weight is 534 g/mol. The van der Waals surface area contributed by atoms with Gasteiger partial charge in [0.05, 0.1) is 17.4 Å². The largest absolute Gasteiger partial charge is 0.457 e. The van der Waals surface area contributed by atoms with Gasteiger partial charge in [0.2, 0.25) is 0 Å². The van der Waals surface area contributed by atoms with Crippen molar-refractivity contribution >= 4 is 40.3 Å². The number of esters is 2. The first-order valence-corrected chi connectivity index (χ1v) is 11.5. The standard InChI is InChI=1S/C25H27IO5/c1-16(2)7-6-8-17(3)13-22-25(15-23(28)31-22)14-18(11-12-21(25)27)30-24(29)19-9-4-5-10-20(19)26/h4-5,7,9-13,18,22H,6,8,14-15H2,1-3H3/b17-13+/t18-,22-,25?/m1/s1. The van der Waals surface area contributed by atoms with Crippen LogP contribution < -0.4 is 0 Å². The number of ether oxygens (including phenoxy) is 2. The Morgan fingerprint density at radius 2 is 2.00 bits per heavy atom. The van der Waals surface area contributed by atoms with Crippen molar-refractivity contribution in [2.24, 2.45) is 5.41 Å². The van der Waals surface area contributed by atoms with Crippen LogP contribution in [0, 0.1) is 8.99 Å². The Hall–Kier alpha value is -2.22. The molecular weight excluding hydrogens is 507 g/mol. The maximum atomic E-state index is 12.9. The van der Waals surface area contributed by atoms with Crippen LogP contribution in [0.2, 0.25) is 0 Å². The monoisotopic (exact) mass is 534 g/mol. The molecule has 0 amide bonds. The quantitative estimate of drug-likeness (QED) is 0.280. The molecule has 3 rings (SSSR count). The summed E-state index contributed by atoms with van der Waals surface area (Å²) >= 11 is 2.09. The number of carbonyl (C=O) groups excluding carboxylic acids is 3. The predicted octanol–water partition coefficient (Wildman–Crippen LogP) is 5.34. The van der Waals surface area contributed by atoms with Gasteiger partial charge in [0, 0.05) is 9.99 Å². The first-order chi connectivity index (χ1) is 14.7. The van der Waals surface area contributed by atoms with Crippen LogP contribution in [0.5, 0.6) is 0 Å². The average Bonchev–Trinajstić information content (AvgIpc) is 3.00. The number of allylic oxidation sites excluding steroid dienone is 4. The van der Waals surface area contributed by atoms with Crippen molar-refractivity contribution in [1.29, 1.82) is 0 Å². The van der Waals surface area contributed by atoms with E-state index >= 15 is 0 Å². The van der Waals surface area contributed by atoms with Gasteiger partial charge in [0.15, 0.2) is 5.78 Å². The molecule has 1 fully saturated rings. The molecule has 6 heteroatoms. The minimum absolute atomic E-state index is 0.00445. The summed E-state index contributed by atoms with van der Waals surface area (Å²) in [6, 6.07) is 7.18. The molecule has 1 heterocycles. The molecule has 1 aliphatic carbocycles. The van der Waals surface area contributed by atoms with Crippen molar-refractivity contribution in [3.63, 3.8) is 0 Å². The topological polar surface area (TPSA) is 69.7 Å². The highest BCUT2D eigenvalue weighted by atomic mass is 127. The molecule has 1 aromatic carbocycles. The second kappa shape index (κ2) is 9.94. The third-order valence-corrected chi connectivity index (χ3v) is 6.60. The van der Waals surface area contributed by atoms with E-state index < -0.39 is 29.6 Å². The highest BCUT2D eigenvalue weighted by Crippen LogP contribution is 2.45. The van der Waals surface area contributed by atoms with Crippen LogP contribution in [0.1, 0.15) is 56.8 Å². The SMILES string of the molecule is CC(C)=CCC/C(C)=C/[C@H]1OC(=O)CC12C[C@H](OC(=O)c1ccccc1I)C=CC2=O. The molecule has 164 valence electrons. The van der Waals surface area contributed by atoms with Crippen molar-refractivity contribution < 1.29 is 23.9 Å². The molecule has 1 spiro atoms. The number of cyclic esters (lactones) is 1. The van der Waals surface area contributed by atoms with Crippen LogP contribution in [0.4, 0.5) is 0 Å². The van der Waals surface area contributed by atoms with Gasteiger partial charge in [-0.25, -0.2) is 4.79 Å². The Labute approximate surface area is 196 Å². The normalized spacial score (nSPS) is 25.5. The first kappa shape index (κ1) is 23.4. The summed E-state index contributed by atoms with van der Waals surface area (Å²) in [5.74, 6) is -0.998. The summed E-state index contributed by atoms with van der Waals surface area (Å²) < 4.78 is 12.0. The molecule has 5 nitrogen and oxygen atoms in total. The molecule has 0 aromatic heterocycles. The van der Waals surface area contributed by atoms with Crippen LogP contribution in [0.25, 0.3) is 0 Å². The molecule has 31 heavy (non-hydrogen) atoms. The van der Waals surface area contributed by atoms with Gasteiger partial charge in [0.25, 0.3) is 0 Å². The fourth-order valence-electron chi connectivity index (χ4n) is 3.99. The maximum Gasteiger partial charge on any atom is 0.339 e. The van der Waals surface area contributed by atoms with Gasteiger partial charge in [-0.15, -0.1) is 0 Å². The minimum atomic E-state index is -1.03. The summed E-state index contributed by atoms with van der Waals surface area (Å²) in [5.41, 5.74) is 1.76.